The van der Waals surface area contributed by atoms with Crippen molar-refractivity contribution in [2.24, 2.45) is 0 Å². The Morgan fingerprint density at radius 2 is 2.15 bits per heavy atom. The van der Waals surface area contributed by atoms with Gasteiger partial charge in [-0.2, -0.15) is 0 Å². The summed E-state index contributed by atoms with van der Waals surface area (Å²) in [5, 5.41) is 2.92. The number of ether oxygens (including phenoxy) is 1. The molecule has 106 valence electrons. The van der Waals surface area contributed by atoms with Gasteiger partial charge in [-0.25, -0.2) is 0 Å². The zero-order chi connectivity index (χ0) is 14.5. The summed E-state index contributed by atoms with van der Waals surface area (Å²) < 4.78 is 10.6. The molecule has 0 spiro atoms. The average Bonchev–Trinajstić information content (AvgIpc) is 2.86. The van der Waals surface area contributed by atoms with Gasteiger partial charge in [0.15, 0.2) is 0 Å². The van der Waals surface area contributed by atoms with Crippen molar-refractivity contribution >= 4 is 5.91 Å². The number of hydrogen-bond donors (Lipinski definition) is 1. The van der Waals surface area contributed by atoms with Crippen molar-refractivity contribution in [1.29, 1.82) is 0 Å². The third-order valence-electron chi connectivity index (χ3n) is 3.04. The van der Waals surface area contributed by atoms with Crippen molar-refractivity contribution in [3.05, 3.63) is 59.0 Å². The second kappa shape index (κ2) is 6.39. The largest absolute Gasteiger partial charge is 0.464 e. The quantitative estimate of drug-likeness (QED) is 0.910. The number of amides is 1. The Kier molecular flexibility index (Phi) is 4.58. The summed E-state index contributed by atoms with van der Waals surface area (Å²) >= 11 is 0. The number of hydrogen-bond acceptors (Lipinski definition) is 3. The van der Waals surface area contributed by atoms with Crippen LogP contribution in [0, 0.1) is 6.92 Å². The van der Waals surface area contributed by atoms with E-state index in [1.165, 1.54) is 0 Å². The first-order valence-corrected chi connectivity index (χ1v) is 6.55. The first-order valence-electron chi connectivity index (χ1n) is 6.55. The molecule has 1 aromatic heterocycles. The third kappa shape index (κ3) is 3.48. The Bertz CT molecular complexity index is 589. The Hall–Kier alpha value is -2.07. The van der Waals surface area contributed by atoms with Gasteiger partial charge in [-0.15, -0.1) is 0 Å². The minimum absolute atomic E-state index is 0.121. The second-order valence-electron chi connectivity index (χ2n) is 4.78. The van der Waals surface area contributed by atoms with Gasteiger partial charge in [0.1, 0.15) is 11.5 Å². The van der Waals surface area contributed by atoms with Gasteiger partial charge in [0.05, 0.1) is 12.6 Å². The predicted molar refractivity (Wildman–Crippen MR) is 76.5 cm³/mol. The van der Waals surface area contributed by atoms with Gasteiger partial charge in [-0.3, -0.25) is 4.79 Å². The van der Waals surface area contributed by atoms with Crippen LogP contribution in [-0.4, -0.2) is 13.0 Å². The highest BCUT2D eigenvalue weighted by atomic mass is 16.5. The Morgan fingerprint density at radius 1 is 1.35 bits per heavy atom. The van der Waals surface area contributed by atoms with Crippen LogP contribution in [0.3, 0.4) is 0 Å². The van der Waals surface area contributed by atoms with E-state index in [1.54, 1.807) is 13.2 Å². The molecule has 20 heavy (non-hydrogen) atoms. The molecule has 4 heteroatoms. The van der Waals surface area contributed by atoms with Gasteiger partial charge < -0.3 is 14.5 Å². The fourth-order valence-electron chi connectivity index (χ4n) is 2.01. The number of methoxy groups -OCH3 is 1. The van der Waals surface area contributed by atoms with Crippen LogP contribution < -0.4 is 5.32 Å². The summed E-state index contributed by atoms with van der Waals surface area (Å²) in [5.74, 6) is 1.47. The molecule has 0 aliphatic rings. The van der Waals surface area contributed by atoms with Crippen molar-refractivity contribution in [2.45, 2.75) is 26.5 Å². The molecule has 0 fully saturated rings. The zero-order valence-corrected chi connectivity index (χ0v) is 12.0. The van der Waals surface area contributed by atoms with Gasteiger partial charge in [0, 0.05) is 12.7 Å². The maximum absolute atomic E-state index is 12.2. The van der Waals surface area contributed by atoms with Crippen LogP contribution in [-0.2, 0) is 11.3 Å². The fraction of sp³-hybridized carbons (Fsp3) is 0.312. The Balaban J connectivity index is 2.06. The maximum Gasteiger partial charge on any atom is 0.251 e. The molecule has 2 rings (SSSR count). The molecular weight excluding hydrogens is 254 g/mol. The molecular formula is C16H19NO3. The van der Waals surface area contributed by atoms with Crippen LogP contribution in [0.1, 0.15) is 40.4 Å². The number of nitrogens with one attached hydrogen (secondary N) is 1. The van der Waals surface area contributed by atoms with Crippen LogP contribution in [0.4, 0.5) is 0 Å². The molecule has 0 aliphatic heterocycles. The van der Waals surface area contributed by atoms with E-state index in [-0.39, 0.29) is 11.9 Å². The van der Waals surface area contributed by atoms with Crippen LogP contribution in [0.25, 0.3) is 0 Å². The van der Waals surface area contributed by atoms with Crippen LogP contribution in [0.15, 0.2) is 40.8 Å². The zero-order valence-electron chi connectivity index (χ0n) is 12.0. The first kappa shape index (κ1) is 14.3. The highest BCUT2D eigenvalue weighted by Crippen LogP contribution is 2.16. The molecule has 1 aromatic carbocycles. The standard InChI is InChI=1S/C16H19NO3/c1-11-7-8-15(20-11)12(2)17-16(18)14-6-4-5-13(9-14)10-19-3/h4-9,12H,10H2,1-3H3,(H,17,18)/t12-/m1/s1. The normalized spacial score (nSPS) is 12.2. The lowest BCUT2D eigenvalue weighted by molar-refractivity contribution is 0.0934. The molecule has 0 bridgehead atoms. The molecule has 0 saturated heterocycles. The summed E-state index contributed by atoms with van der Waals surface area (Å²) in [5.41, 5.74) is 1.59. The molecule has 0 saturated carbocycles. The van der Waals surface area contributed by atoms with Crippen molar-refractivity contribution in [3.63, 3.8) is 0 Å². The topological polar surface area (TPSA) is 51.5 Å². The molecule has 1 N–H and O–H groups in total. The summed E-state index contributed by atoms with van der Waals surface area (Å²) in [6.07, 6.45) is 0. The van der Waals surface area contributed by atoms with Crippen molar-refractivity contribution in [3.8, 4) is 0 Å². The second-order valence-corrected chi connectivity index (χ2v) is 4.78. The molecule has 4 nitrogen and oxygen atoms in total. The van der Waals surface area contributed by atoms with Gasteiger partial charge in [-0.05, 0) is 43.7 Å². The van der Waals surface area contributed by atoms with Gasteiger partial charge >= 0.3 is 0 Å². The van der Waals surface area contributed by atoms with Crippen LogP contribution >= 0.6 is 0 Å². The van der Waals surface area contributed by atoms with E-state index in [0.717, 1.165) is 17.1 Å². The predicted octanol–water partition coefficient (Wildman–Crippen LogP) is 3.23. The molecule has 1 atom stereocenters. The lowest BCUT2D eigenvalue weighted by Crippen LogP contribution is -2.26. The monoisotopic (exact) mass is 273 g/mol. The Morgan fingerprint density at radius 3 is 2.80 bits per heavy atom. The SMILES string of the molecule is COCc1cccc(C(=O)N[C@H](C)c2ccc(C)o2)c1. The van der Waals surface area contributed by atoms with Crippen molar-refractivity contribution in [1.82, 2.24) is 5.32 Å². The lowest BCUT2D eigenvalue weighted by atomic mass is 10.1. The van der Waals surface area contributed by atoms with E-state index < -0.39 is 0 Å². The minimum Gasteiger partial charge on any atom is -0.464 e. The number of carbonyl (C=O) groups is 1. The molecule has 1 heterocycles. The summed E-state index contributed by atoms with van der Waals surface area (Å²) in [6, 6.07) is 11.0. The van der Waals surface area contributed by atoms with E-state index in [4.69, 9.17) is 9.15 Å². The number of rotatable bonds is 5. The summed E-state index contributed by atoms with van der Waals surface area (Å²) in [6.45, 7) is 4.27. The van der Waals surface area contributed by atoms with Crippen molar-refractivity contribution in [2.75, 3.05) is 7.11 Å². The van der Waals surface area contributed by atoms with Gasteiger partial charge in [-0.1, -0.05) is 12.1 Å². The van der Waals surface area contributed by atoms with E-state index in [2.05, 4.69) is 5.32 Å². The summed E-state index contributed by atoms with van der Waals surface area (Å²) in [4.78, 5) is 12.2. The molecule has 0 radical (unpaired) electrons. The number of furan rings is 1. The first-order chi connectivity index (χ1) is 9.60. The van der Waals surface area contributed by atoms with E-state index in [0.29, 0.717) is 12.2 Å². The van der Waals surface area contributed by atoms with E-state index in [1.807, 2.05) is 44.2 Å². The highest BCUT2D eigenvalue weighted by Gasteiger charge is 2.14. The highest BCUT2D eigenvalue weighted by molar-refractivity contribution is 5.94. The van der Waals surface area contributed by atoms with Gasteiger partial charge in [0.25, 0.3) is 5.91 Å². The average molecular weight is 273 g/mol. The molecule has 1 amide bonds. The van der Waals surface area contributed by atoms with Gasteiger partial charge in [0.2, 0.25) is 0 Å². The third-order valence-corrected chi connectivity index (χ3v) is 3.04. The molecule has 0 aliphatic carbocycles. The number of benzene rings is 1. The van der Waals surface area contributed by atoms with Crippen LogP contribution in [0.5, 0.6) is 0 Å². The molecule has 0 unspecified atom stereocenters. The molecule has 2 aromatic rings. The minimum atomic E-state index is -0.165. The van der Waals surface area contributed by atoms with Crippen LogP contribution in [0.2, 0.25) is 0 Å². The van der Waals surface area contributed by atoms with Crippen molar-refractivity contribution < 1.29 is 13.9 Å². The Labute approximate surface area is 118 Å². The van der Waals surface area contributed by atoms with E-state index >= 15 is 0 Å². The number of aryl methyl sites for hydroxylation is 1. The number of carbonyl (C=O) groups excluding carboxylic acids is 1. The lowest BCUT2D eigenvalue weighted by Gasteiger charge is -2.12. The smallest absolute Gasteiger partial charge is 0.251 e. The fourth-order valence-corrected chi connectivity index (χ4v) is 2.01. The van der Waals surface area contributed by atoms with E-state index in [9.17, 15) is 4.79 Å². The summed E-state index contributed by atoms with van der Waals surface area (Å²) in [7, 11) is 1.63. The maximum atomic E-state index is 12.2.